The zero-order chi connectivity index (χ0) is 23.8. The molecular formula is C27H47N3O3. The van der Waals surface area contributed by atoms with Gasteiger partial charge in [0.15, 0.2) is 0 Å². The van der Waals surface area contributed by atoms with Crippen LogP contribution in [0.1, 0.15) is 111 Å². The molecule has 0 aromatic heterocycles. The molecule has 0 unspecified atom stereocenters. The van der Waals surface area contributed by atoms with Crippen LogP contribution in [0.25, 0.3) is 0 Å². The van der Waals surface area contributed by atoms with Gasteiger partial charge in [-0.3, -0.25) is 14.4 Å². The number of amides is 3. The third kappa shape index (κ3) is 7.99. The minimum atomic E-state index is -0.614. The summed E-state index contributed by atoms with van der Waals surface area (Å²) in [5.74, 6) is 0.443. The van der Waals surface area contributed by atoms with Crippen molar-refractivity contribution in [1.29, 1.82) is 0 Å². The van der Waals surface area contributed by atoms with Crippen LogP contribution in [0.4, 0.5) is 0 Å². The molecule has 3 aliphatic rings. The summed E-state index contributed by atoms with van der Waals surface area (Å²) >= 11 is 0. The Morgan fingerprint density at radius 1 is 0.576 bits per heavy atom. The van der Waals surface area contributed by atoms with Crippen LogP contribution in [0.5, 0.6) is 0 Å². The first-order valence-corrected chi connectivity index (χ1v) is 13.7. The molecule has 3 N–H and O–H groups in total. The standard InChI is InChI=1S/C27H47N3O3/c1-18-10-4-7-13-22(18)28-25(31)16-21(27(33)30-24-15-9-6-12-20(24)3)17-26(32)29-23-14-8-5-11-19(23)2/h18-24H,4-17H2,1-3H3,(H,28,31)(H,29,32)(H,30,33)/t18-,19-,20-,22-,23-,24-/m1/s1. The normalized spacial score (nSPS) is 32.7. The summed E-state index contributed by atoms with van der Waals surface area (Å²) in [4.78, 5) is 39.1. The molecule has 0 radical (unpaired) electrons. The lowest BCUT2D eigenvalue weighted by molar-refractivity contribution is -0.135. The smallest absolute Gasteiger partial charge is 0.224 e. The maximum Gasteiger partial charge on any atom is 0.224 e. The topological polar surface area (TPSA) is 87.3 Å². The zero-order valence-electron chi connectivity index (χ0n) is 21.2. The van der Waals surface area contributed by atoms with Crippen LogP contribution >= 0.6 is 0 Å². The molecule has 3 saturated carbocycles. The van der Waals surface area contributed by atoms with E-state index in [1.54, 1.807) is 0 Å². The first-order chi connectivity index (χ1) is 15.8. The number of carbonyl (C=O) groups is 3. The Hall–Kier alpha value is -1.59. The summed E-state index contributed by atoms with van der Waals surface area (Å²) in [5, 5.41) is 9.56. The fourth-order valence-corrected chi connectivity index (χ4v) is 6.13. The second kappa shape index (κ2) is 12.8. The molecule has 0 saturated heterocycles. The molecule has 3 aliphatic carbocycles. The first kappa shape index (κ1) is 26.0. The van der Waals surface area contributed by atoms with Gasteiger partial charge in [-0.2, -0.15) is 0 Å². The Labute approximate surface area is 200 Å². The van der Waals surface area contributed by atoms with E-state index < -0.39 is 5.92 Å². The van der Waals surface area contributed by atoms with Crippen LogP contribution in [0.2, 0.25) is 0 Å². The Morgan fingerprint density at radius 2 is 0.909 bits per heavy atom. The van der Waals surface area contributed by atoms with Crippen LogP contribution in [-0.4, -0.2) is 35.8 Å². The molecule has 33 heavy (non-hydrogen) atoms. The molecule has 188 valence electrons. The minimum Gasteiger partial charge on any atom is -0.353 e. The van der Waals surface area contributed by atoms with Crippen molar-refractivity contribution < 1.29 is 14.4 Å². The second-order valence-electron chi connectivity index (χ2n) is 11.4. The fourth-order valence-electron chi connectivity index (χ4n) is 6.13. The zero-order valence-corrected chi connectivity index (χ0v) is 21.2. The molecular weight excluding hydrogens is 414 g/mol. The van der Waals surface area contributed by atoms with Gasteiger partial charge in [0.1, 0.15) is 0 Å². The van der Waals surface area contributed by atoms with E-state index in [1.165, 1.54) is 19.3 Å². The van der Waals surface area contributed by atoms with Crippen molar-refractivity contribution in [2.75, 3.05) is 0 Å². The molecule has 6 heteroatoms. The van der Waals surface area contributed by atoms with Crippen molar-refractivity contribution >= 4 is 17.7 Å². The summed E-state index contributed by atoms with van der Waals surface area (Å²) in [6.45, 7) is 6.57. The monoisotopic (exact) mass is 461 g/mol. The van der Waals surface area contributed by atoms with Gasteiger partial charge >= 0.3 is 0 Å². The van der Waals surface area contributed by atoms with Crippen molar-refractivity contribution in [3.05, 3.63) is 0 Å². The highest BCUT2D eigenvalue weighted by Gasteiger charge is 2.32. The van der Waals surface area contributed by atoms with Gasteiger partial charge in [-0.25, -0.2) is 0 Å². The second-order valence-corrected chi connectivity index (χ2v) is 11.4. The van der Waals surface area contributed by atoms with Gasteiger partial charge in [0, 0.05) is 31.0 Å². The predicted molar refractivity (Wildman–Crippen MR) is 131 cm³/mol. The van der Waals surface area contributed by atoms with E-state index in [-0.39, 0.29) is 48.7 Å². The summed E-state index contributed by atoms with van der Waals surface area (Å²) in [6.07, 6.45) is 13.6. The van der Waals surface area contributed by atoms with Crippen molar-refractivity contribution in [3.8, 4) is 0 Å². The largest absolute Gasteiger partial charge is 0.353 e. The summed E-state index contributed by atoms with van der Waals surface area (Å²) in [7, 11) is 0. The molecule has 0 heterocycles. The lowest BCUT2D eigenvalue weighted by atomic mass is 9.84. The molecule has 6 nitrogen and oxygen atoms in total. The number of carbonyl (C=O) groups excluding carboxylic acids is 3. The van der Waals surface area contributed by atoms with E-state index in [0.29, 0.717) is 17.8 Å². The number of hydrogen-bond donors (Lipinski definition) is 3. The van der Waals surface area contributed by atoms with Crippen molar-refractivity contribution in [1.82, 2.24) is 16.0 Å². The van der Waals surface area contributed by atoms with E-state index in [0.717, 1.165) is 57.8 Å². The molecule has 0 aromatic carbocycles. The van der Waals surface area contributed by atoms with Crippen LogP contribution in [0, 0.1) is 23.7 Å². The van der Waals surface area contributed by atoms with E-state index in [4.69, 9.17) is 0 Å². The average molecular weight is 462 g/mol. The summed E-state index contributed by atoms with van der Waals surface area (Å²) in [5.41, 5.74) is 0. The van der Waals surface area contributed by atoms with Gasteiger partial charge in [-0.15, -0.1) is 0 Å². The van der Waals surface area contributed by atoms with E-state index in [2.05, 4.69) is 36.7 Å². The molecule has 3 amide bonds. The fraction of sp³-hybridized carbons (Fsp3) is 0.889. The maximum absolute atomic E-state index is 13.3. The van der Waals surface area contributed by atoms with Gasteiger partial charge in [-0.05, 0) is 56.3 Å². The van der Waals surface area contributed by atoms with Gasteiger partial charge in [-0.1, -0.05) is 59.3 Å². The molecule has 6 atom stereocenters. The number of nitrogens with one attached hydrogen (secondary N) is 3. The lowest BCUT2D eigenvalue weighted by Crippen LogP contribution is -2.48. The number of rotatable bonds is 8. The highest BCUT2D eigenvalue weighted by molar-refractivity contribution is 5.90. The van der Waals surface area contributed by atoms with Gasteiger partial charge in [0.05, 0.1) is 5.92 Å². The third-order valence-electron chi connectivity index (χ3n) is 8.59. The van der Waals surface area contributed by atoms with Crippen molar-refractivity contribution in [2.45, 2.75) is 129 Å². The molecule has 0 spiro atoms. The van der Waals surface area contributed by atoms with Gasteiger partial charge in [0.2, 0.25) is 17.7 Å². The average Bonchev–Trinajstić information content (AvgIpc) is 2.78. The van der Waals surface area contributed by atoms with Gasteiger partial charge < -0.3 is 16.0 Å². The van der Waals surface area contributed by atoms with Crippen molar-refractivity contribution in [3.63, 3.8) is 0 Å². The van der Waals surface area contributed by atoms with E-state index >= 15 is 0 Å². The summed E-state index contributed by atoms with van der Waals surface area (Å²) in [6, 6.07) is 0.520. The molecule has 0 bridgehead atoms. The summed E-state index contributed by atoms with van der Waals surface area (Å²) < 4.78 is 0. The SMILES string of the molecule is C[C@@H]1CCCC[C@H]1NC(=O)CC(CC(=O)N[C@@H]1CCCC[C@H]1C)C(=O)N[C@@H]1CCCC[C@H]1C. The molecule has 3 fully saturated rings. The third-order valence-corrected chi connectivity index (χ3v) is 8.59. The molecule has 0 aliphatic heterocycles. The first-order valence-electron chi connectivity index (χ1n) is 13.7. The minimum absolute atomic E-state index is 0.0871. The Balaban J connectivity index is 1.60. The van der Waals surface area contributed by atoms with Crippen molar-refractivity contribution in [2.24, 2.45) is 23.7 Å². The highest BCUT2D eigenvalue weighted by Crippen LogP contribution is 2.27. The van der Waals surface area contributed by atoms with Crippen LogP contribution in [0.3, 0.4) is 0 Å². The van der Waals surface area contributed by atoms with Crippen LogP contribution in [0.15, 0.2) is 0 Å². The van der Waals surface area contributed by atoms with Crippen LogP contribution < -0.4 is 16.0 Å². The maximum atomic E-state index is 13.3. The molecule has 0 aromatic rings. The Kier molecular flexibility index (Phi) is 10.1. The van der Waals surface area contributed by atoms with E-state index in [9.17, 15) is 14.4 Å². The molecule has 3 rings (SSSR count). The van der Waals surface area contributed by atoms with Crippen LogP contribution in [-0.2, 0) is 14.4 Å². The Bertz CT molecular complexity index is 629. The predicted octanol–water partition coefficient (Wildman–Crippen LogP) is 4.47. The quantitative estimate of drug-likeness (QED) is 0.498. The van der Waals surface area contributed by atoms with Gasteiger partial charge in [0.25, 0.3) is 0 Å². The Morgan fingerprint density at radius 3 is 1.27 bits per heavy atom. The highest BCUT2D eigenvalue weighted by atomic mass is 16.2. The lowest BCUT2D eigenvalue weighted by Gasteiger charge is -2.32. The van der Waals surface area contributed by atoms with E-state index in [1.807, 2.05) is 0 Å². The number of hydrogen-bond acceptors (Lipinski definition) is 3.